The molecule has 0 aliphatic rings. The lowest BCUT2D eigenvalue weighted by atomic mass is 10.0. The average Bonchev–Trinajstić information content (AvgIpc) is 3.16. The summed E-state index contributed by atoms with van der Waals surface area (Å²) in [7, 11) is 0. The molecule has 0 atom stereocenters. The SMILES string of the molecule is C#Cc1ccc(C(=O)c2ccc(COCc3nc4ccncc4[nH]3)cc2)cc1. The molecule has 136 valence electrons. The fourth-order valence-electron chi connectivity index (χ4n) is 2.88. The molecule has 1 N–H and O–H groups in total. The molecule has 2 aromatic heterocycles. The summed E-state index contributed by atoms with van der Waals surface area (Å²) in [6.45, 7) is 0.803. The Morgan fingerprint density at radius 2 is 1.71 bits per heavy atom. The van der Waals surface area contributed by atoms with Gasteiger partial charge in [0.05, 0.1) is 23.8 Å². The van der Waals surface area contributed by atoms with Crippen molar-refractivity contribution in [2.75, 3.05) is 0 Å². The van der Waals surface area contributed by atoms with Gasteiger partial charge in [-0.05, 0) is 35.9 Å². The number of carbonyl (C=O) groups excluding carboxylic acids is 1. The van der Waals surface area contributed by atoms with Crippen molar-refractivity contribution >= 4 is 16.8 Å². The fraction of sp³-hybridized carbons (Fsp3) is 0.0870. The molecular weight excluding hydrogens is 350 g/mol. The number of nitrogens with zero attached hydrogens (tertiary/aromatic N) is 2. The van der Waals surface area contributed by atoms with Crippen molar-refractivity contribution < 1.29 is 9.53 Å². The number of hydrogen-bond acceptors (Lipinski definition) is 4. The number of rotatable bonds is 6. The van der Waals surface area contributed by atoms with Gasteiger partial charge in [0.15, 0.2) is 5.78 Å². The molecule has 0 bridgehead atoms. The normalized spacial score (nSPS) is 10.7. The van der Waals surface area contributed by atoms with E-state index in [2.05, 4.69) is 20.9 Å². The molecule has 0 unspecified atom stereocenters. The van der Waals surface area contributed by atoms with Crippen molar-refractivity contribution in [2.45, 2.75) is 13.2 Å². The van der Waals surface area contributed by atoms with E-state index in [1.807, 2.05) is 30.3 Å². The molecule has 0 radical (unpaired) electrons. The van der Waals surface area contributed by atoms with E-state index in [1.54, 1.807) is 36.7 Å². The maximum absolute atomic E-state index is 12.5. The van der Waals surface area contributed by atoms with Gasteiger partial charge in [0, 0.05) is 22.9 Å². The molecule has 0 spiro atoms. The Labute approximate surface area is 162 Å². The highest BCUT2D eigenvalue weighted by molar-refractivity contribution is 6.09. The van der Waals surface area contributed by atoms with Crippen LogP contribution in [0.2, 0.25) is 0 Å². The monoisotopic (exact) mass is 367 g/mol. The van der Waals surface area contributed by atoms with Gasteiger partial charge >= 0.3 is 0 Å². The van der Waals surface area contributed by atoms with Crippen molar-refractivity contribution in [2.24, 2.45) is 0 Å². The largest absolute Gasteiger partial charge is 0.369 e. The Morgan fingerprint density at radius 1 is 1.00 bits per heavy atom. The van der Waals surface area contributed by atoms with Crippen molar-refractivity contribution in [3.05, 3.63) is 95.1 Å². The summed E-state index contributed by atoms with van der Waals surface area (Å²) < 4.78 is 5.73. The highest BCUT2D eigenvalue weighted by atomic mass is 16.5. The smallest absolute Gasteiger partial charge is 0.193 e. The van der Waals surface area contributed by atoms with Gasteiger partial charge in [-0.3, -0.25) is 9.78 Å². The van der Waals surface area contributed by atoms with Gasteiger partial charge in [0.2, 0.25) is 0 Å². The Hall–Kier alpha value is -3.75. The number of pyridine rings is 1. The number of fused-ring (bicyclic) bond motifs is 1. The second-order valence-corrected chi connectivity index (χ2v) is 6.32. The first-order valence-corrected chi connectivity index (χ1v) is 8.79. The van der Waals surface area contributed by atoms with E-state index in [-0.39, 0.29) is 5.78 Å². The molecule has 2 heterocycles. The molecule has 28 heavy (non-hydrogen) atoms. The Morgan fingerprint density at radius 3 is 2.39 bits per heavy atom. The van der Waals surface area contributed by atoms with Gasteiger partial charge < -0.3 is 9.72 Å². The number of hydrogen-bond donors (Lipinski definition) is 1. The summed E-state index contributed by atoms with van der Waals surface area (Å²) in [5.74, 6) is 3.26. The summed E-state index contributed by atoms with van der Waals surface area (Å²) >= 11 is 0. The summed E-state index contributed by atoms with van der Waals surface area (Å²) in [6.07, 6.45) is 8.79. The second kappa shape index (κ2) is 7.87. The molecule has 4 rings (SSSR count). The highest BCUT2D eigenvalue weighted by Gasteiger charge is 2.09. The van der Waals surface area contributed by atoms with Crippen LogP contribution in [0.3, 0.4) is 0 Å². The van der Waals surface area contributed by atoms with E-state index >= 15 is 0 Å². The molecule has 0 fully saturated rings. The topological polar surface area (TPSA) is 67.9 Å². The van der Waals surface area contributed by atoms with E-state index in [4.69, 9.17) is 11.2 Å². The van der Waals surface area contributed by atoms with Crippen LogP contribution in [0.1, 0.15) is 32.9 Å². The number of terminal acetylenes is 1. The zero-order valence-corrected chi connectivity index (χ0v) is 15.1. The van der Waals surface area contributed by atoms with Crippen LogP contribution in [0.15, 0.2) is 67.0 Å². The third kappa shape index (κ3) is 3.83. The Kier molecular flexibility index (Phi) is 4.96. The van der Waals surface area contributed by atoms with Gasteiger partial charge in [0.25, 0.3) is 0 Å². The zero-order valence-electron chi connectivity index (χ0n) is 15.1. The van der Waals surface area contributed by atoms with Gasteiger partial charge in [0.1, 0.15) is 12.4 Å². The molecule has 4 aromatic rings. The first-order valence-electron chi connectivity index (χ1n) is 8.79. The maximum atomic E-state index is 12.5. The number of imidazole rings is 1. The van der Waals surface area contributed by atoms with Crippen LogP contribution in [0.5, 0.6) is 0 Å². The van der Waals surface area contributed by atoms with Gasteiger partial charge in [-0.25, -0.2) is 4.98 Å². The first kappa shape index (κ1) is 17.7. The minimum Gasteiger partial charge on any atom is -0.369 e. The average molecular weight is 367 g/mol. The molecule has 2 aromatic carbocycles. The van der Waals surface area contributed by atoms with Crippen molar-refractivity contribution in [1.82, 2.24) is 15.0 Å². The molecule has 0 amide bonds. The highest BCUT2D eigenvalue weighted by Crippen LogP contribution is 2.14. The number of benzene rings is 2. The number of aromatic amines is 1. The molecule has 5 heteroatoms. The zero-order chi connectivity index (χ0) is 19.3. The third-order valence-electron chi connectivity index (χ3n) is 4.37. The number of ketones is 1. The van der Waals surface area contributed by atoms with Crippen LogP contribution in [0, 0.1) is 12.3 Å². The molecular formula is C23H17N3O2. The fourth-order valence-corrected chi connectivity index (χ4v) is 2.88. The van der Waals surface area contributed by atoms with Crippen LogP contribution in [-0.2, 0) is 18.0 Å². The standard InChI is InChI=1S/C23H17N3O2/c1-2-16-3-7-18(8-4-16)23(27)19-9-5-17(6-10-19)14-28-15-22-25-20-11-12-24-13-21(20)26-22/h1,3-13H,14-15H2,(H,25,26). The quantitative estimate of drug-likeness (QED) is 0.415. The summed E-state index contributed by atoms with van der Waals surface area (Å²) in [4.78, 5) is 24.2. The van der Waals surface area contributed by atoms with E-state index in [0.29, 0.717) is 24.3 Å². The Balaban J connectivity index is 1.36. The van der Waals surface area contributed by atoms with Gasteiger partial charge in [-0.1, -0.05) is 30.2 Å². The van der Waals surface area contributed by atoms with Crippen LogP contribution in [-0.4, -0.2) is 20.7 Å². The maximum Gasteiger partial charge on any atom is 0.193 e. The molecule has 0 saturated heterocycles. The predicted octanol–water partition coefficient (Wildman–Crippen LogP) is 3.89. The van der Waals surface area contributed by atoms with Gasteiger partial charge in [-0.15, -0.1) is 6.42 Å². The molecule has 0 aliphatic carbocycles. The van der Waals surface area contributed by atoms with E-state index < -0.39 is 0 Å². The number of ether oxygens (including phenoxy) is 1. The minimum atomic E-state index is -0.0353. The van der Waals surface area contributed by atoms with Crippen LogP contribution >= 0.6 is 0 Å². The van der Waals surface area contributed by atoms with Crippen LogP contribution in [0.4, 0.5) is 0 Å². The summed E-state index contributed by atoms with van der Waals surface area (Å²) in [5.41, 5.74) is 4.73. The molecule has 0 aliphatic heterocycles. The predicted molar refractivity (Wildman–Crippen MR) is 107 cm³/mol. The number of carbonyl (C=O) groups is 1. The minimum absolute atomic E-state index is 0.0353. The lowest BCUT2D eigenvalue weighted by Crippen LogP contribution is -2.02. The van der Waals surface area contributed by atoms with Crippen molar-refractivity contribution in [3.8, 4) is 12.3 Å². The number of aromatic nitrogens is 3. The first-order chi connectivity index (χ1) is 13.7. The van der Waals surface area contributed by atoms with Gasteiger partial charge in [-0.2, -0.15) is 0 Å². The van der Waals surface area contributed by atoms with Crippen LogP contribution < -0.4 is 0 Å². The summed E-state index contributed by atoms with van der Waals surface area (Å²) in [6, 6.07) is 16.3. The van der Waals surface area contributed by atoms with E-state index in [1.165, 1.54) is 0 Å². The third-order valence-corrected chi connectivity index (χ3v) is 4.37. The Bertz CT molecular complexity index is 1120. The summed E-state index contributed by atoms with van der Waals surface area (Å²) in [5, 5.41) is 0. The number of nitrogens with one attached hydrogen (secondary N) is 1. The number of H-pyrrole nitrogens is 1. The second-order valence-electron chi connectivity index (χ2n) is 6.32. The lowest BCUT2D eigenvalue weighted by molar-refractivity contribution is 0.102. The molecule has 5 nitrogen and oxygen atoms in total. The van der Waals surface area contributed by atoms with Crippen molar-refractivity contribution in [1.29, 1.82) is 0 Å². The van der Waals surface area contributed by atoms with Crippen LogP contribution in [0.25, 0.3) is 11.0 Å². The van der Waals surface area contributed by atoms with E-state index in [0.717, 1.165) is 28.0 Å². The molecule has 0 saturated carbocycles. The lowest BCUT2D eigenvalue weighted by Gasteiger charge is -2.05. The van der Waals surface area contributed by atoms with E-state index in [9.17, 15) is 4.79 Å². The van der Waals surface area contributed by atoms with Crippen molar-refractivity contribution in [3.63, 3.8) is 0 Å².